The van der Waals surface area contributed by atoms with Gasteiger partial charge in [0, 0.05) is 31.2 Å². The number of nitrogens with zero attached hydrogens (tertiary/aromatic N) is 1. The van der Waals surface area contributed by atoms with E-state index in [1.165, 1.54) is 5.56 Å². The third-order valence-corrected chi connectivity index (χ3v) is 3.01. The second-order valence-corrected chi connectivity index (χ2v) is 4.83. The Hall–Kier alpha value is -0.420. The number of rotatable bonds is 6. The maximum atomic E-state index is 5.59. The van der Waals surface area contributed by atoms with Gasteiger partial charge >= 0.3 is 0 Å². The summed E-state index contributed by atoms with van der Waals surface area (Å²) >= 11 is 3.42. The first-order valence-electron chi connectivity index (χ1n) is 5.31. The highest BCUT2D eigenvalue weighted by molar-refractivity contribution is 9.10. The van der Waals surface area contributed by atoms with Crippen LogP contribution in [0.4, 0.5) is 0 Å². The number of ether oxygens (including phenoxy) is 1. The van der Waals surface area contributed by atoms with E-state index in [2.05, 4.69) is 52.1 Å². The zero-order valence-corrected chi connectivity index (χ0v) is 11.4. The molecule has 0 aliphatic heterocycles. The molecule has 0 amide bonds. The molecule has 1 unspecified atom stereocenters. The number of hydrogen-bond donors (Lipinski definition) is 1. The Labute approximate surface area is 106 Å². The van der Waals surface area contributed by atoms with E-state index in [9.17, 15) is 0 Å². The Kier molecular flexibility index (Phi) is 5.98. The van der Waals surface area contributed by atoms with Gasteiger partial charge in [-0.2, -0.15) is 0 Å². The summed E-state index contributed by atoms with van der Waals surface area (Å²) in [6.07, 6.45) is 0.112. The van der Waals surface area contributed by atoms with Crippen LogP contribution in [0, 0.1) is 0 Å². The van der Waals surface area contributed by atoms with E-state index in [1.807, 2.05) is 0 Å². The molecule has 0 heterocycles. The summed E-state index contributed by atoms with van der Waals surface area (Å²) < 4.78 is 6.36. The van der Waals surface area contributed by atoms with E-state index in [0.717, 1.165) is 17.6 Å². The number of nitrogens with two attached hydrogens (primary N) is 1. The fraction of sp³-hybridized carbons (Fsp3) is 0.500. The van der Waals surface area contributed by atoms with Crippen LogP contribution in [0.25, 0.3) is 0 Å². The molecule has 1 rings (SSSR count). The van der Waals surface area contributed by atoms with Crippen molar-refractivity contribution < 1.29 is 4.74 Å². The molecule has 90 valence electrons. The topological polar surface area (TPSA) is 38.5 Å². The molecule has 0 aliphatic rings. The molecule has 1 aromatic carbocycles. The Morgan fingerprint density at radius 2 is 2.00 bits per heavy atom. The van der Waals surface area contributed by atoms with Crippen molar-refractivity contribution in [3.8, 4) is 0 Å². The zero-order valence-electron chi connectivity index (χ0n) is 9.82. The van der Waals surface area contributed by atoms with Crippen LogP contribution in [-0.4, -0.2) is 38.3 Å². The van der Waals surface area contributed by atoms with Gasteiger partial charge in [-0.05, 0) is 24.7 Å². The SMILES string of the molecule is COC(CN)CN(C)Cc1ccc(Br)cc1. The second kappa shape index (κ2) is 7.01. The third-order valence-electron chi connectivity index (χ3n) is 2.48. The molecule has 0 saturated carbocycles. The van der Waals surface area contributed by atoms with Gasteiger partial charge in [0.2, 0.25) is 0 Å². The van der Waals surface area contributed by atoms with Gasteiger partial charge in [-0.15, -0.1) is 0 Å². The lowest BCUT2D eigenvalue weighted by Gasteiger charge is -2.22. The van der Waals surface area contributed by atoms with Crippen LogP contribution in [0.1, 0.15) is 5.56 Å². The molecule has 4 heteroatoms. The summed E-state index contributed by atoms with van der Waals surface area (Å²) in [5.74, 6) is 0. The molecule has 0 radical (unpaired) electrons. The quantitative estimate of drug-likeness (QED) is 0.868. The van der Waals surface area contributed by atoms with Gasteiger partial charge in [-0.25, -0.2) is 0 Å². The molecular weight excluding hydrogens is 268 g/mol. The van der Waals surface area contributed by atoms with Gasteiger partial charge in [-0.1, -0.05) is 28.1 Å². The Morgan fingerprint density at radius 3 is 2.50 bits per heavy atom. The maximum absolute atomic E-state index is 5.59. The average Bonchev–Trinajstić information content (AvgIpc) is 2.29. The molecule has 3 nitrogen and oxygen atoms in total. The Morgan fingerprint density at radius 1 is 1.38 bits per heavy atom. The van der Waals surface area contributed by atoms with Crippen LogP contribution in [0.2, 0.25) is 0 Å². The van der Waals surface area contributed by atoms with Crippen molar-refractivity contribution in [2.24, 2.45) is 5.73 Å². The van der Waals surface area contributed by atoms with Crippen LogP contribution in [0.15, 0.2) is 28.7 Å². The first-order valence-corrected chi connectivity index (χ1v) is 6.11. The van der Waals surface area contributed by atoms with Gasteiger partial charge in [0.15, 0.2) is 0 Å². The molecule has 1 aromatic rings. The van der Waals surface area contributed by atoms with Gasteiger partial charge in [0.1, 0.15) is 0 Å². The summed E-state index contributed by atoms with van der Waals surface area (Å²) in [5.41, 5.74) is 6.88. The molecule has 0 fully saturated rings. The molecule has 1 atom stereocenters. The lowest BCUT2D eigenvalue weighted by molar-refractivity contribution is 0.0761. The van der Waals surface area contributed by atoms with Crippen molar-refractivity contribution in [1.82, 2.24) is 4.90 Å². The minimum atomic E-state index is 0.112. The van der Waals surface area contributed by atoms with Crippen LogP contribution in [0.3, 0.4) is 0 Å². The van der Waals surface area contributed by atoms with Crippen molar-refractivity contribution in [3.05, 3.63) is 34.3 Å². The zero-order chi connectivity index (χ0) is 12.0. The van der Waals surface area contributed by atoms with Gasteiger partial charge in [0.25, 0.3) is 0 Å². The molecule has 0 saturated heterocycles. The van der Waals surface area contributed by atoms with E-state index >= 15 is 0 Å². The summed E-state index contributed by atoms with van der Waals surface area (Å²) in [4.78, 5) is 2.21. The molecular formula is C12H19BrN2O. The van der Waals surface area contributed by atoms with Gasteiger partial charge in [0.05, 0.1) is 6.10 Å². The van der Waals surface area contributed by atoms with E-state index in [-0.39, 0.29) is 6.10 Å². The molecule has 0 spiro atoms. The highest BCUT2D eigenvalue weighted by Crippen LogP contribution is 2.11. The van der Waals surface area contributed by atoms with E-state index in [4.69, 9.17) is 10.5 Å². The van der Waals surface area contributed by atoms with E-state index in [0.29, 0.717) is 6.54 Å². The van der Waals surface area contributed by atoms with E-state index in [1.54, 1.807) is 7.11 Å². The monoisotopic (exact) mass is 286 g/mol. The predicted molar refractivity (Wildman–Crippen MR) is 70.3 cm³/mol. The third kappa shape index (κ3) is 4.61. The number of halogens is 1. The highest BCUT2D eigenvalue weighted by Gasteiger charge is 2.08. The van der Waals surface area contributed by atoms with Crippen molar-refractivity contribution in [3.63, 3.8) is 0 Å². The normalized spacial score (nSPS) is 13.1. The lowest BCUT2D eigenvalue weighted by Crippen LogP contribution is -2.35. The van der Waals surface area contributed by atoms with Crippen molar-refractivity contribution in [2.75, 3.05) is 27.2 Å². The highest BCUT2D eigenvalue weighted by atomic mass is 79.9. The molecule has 0 aliphatic carbocycles. The molecule has 0 bridgehead atoms. The Bertz CT molecular complexity index is 298. The minimum absolute atomic E-state index is 0.112. The molecule has 16 heavy (non-hydrogen) atoms. The van der Waals surface area contributed by atoms with Crippen molar-refractivity contribution in [2.45, 2.75) is 12.6 Å². The average molecular weight is 287 g/mol. The summed E-state index contributed by atoms with van der Waals surface area (Å²) in [7, 11) is 3.77. The van der Waals surface area contributed by atoms with Crippen LogP contribution in [-0.2, 0) is 11.3 Å². The van der Waals surface area contributed by atoms with Crippen LogP contribution in [0.5, 0.6) is 0 Å². The second-order valence-electron chi connectivity index (χ2n) is 3.92. The molecule has 2 N–H and O–H groups in total. The van der Waals surface area contributed by atoms with E-state index < -0.39 is 0 Å². The smallest absolute Gasteiger partial charge is 0.0820 e. The number of likely N-dealkylation sites (N-methyl/N-ethyl adjacent to an activating group) is 1. The fourth-order valence-electron chi connectivity index (χ4n) is 1.56. The maximum Gasteiger partial charge on any atom is 0.0820 e. The summed E-state index contributed by atoms with van der Waals surface area (Å²) in [6, 6.07) is 8.34. The van der Waals surface area contributed by atoms with Crippen LogP contribution >= 0.6 is 15.9 Å². The molecule has 0 aromatic heterocycles. The Balaban J connectivity index is 2.44. The van der Waals surface area contributed by atoms with Gasteiger partial charge in [-0.3, -0.25) is 4.90 Å². The number of methoxy groups -OCH3 is 1. The summed E-state index contributed by atoms with van der Waals surface area (Å²) in [5, 5.41) is 0. The number of benzene rings is 1. The summed E-state index contributed by atoms with van der Waals surface area (Å²) in [6.45, 7) is 2.32. The standard InChI is InChI=1S/C12H19BrN2O/c1-15(9-12(7-14)16-2)8-10-3-5-11(13)6-4-10/h3-6,12H,7-9,14H2,1-2H3. The largest absolute Gasteiger partial charge is 0.379 e. The van der Waals surface area contributed by atoms with Crippen LogP contribution < -0.4 is 5.73 Å². The number of hydrogen-bond acceptors (Lipinski definition) is 3. The lowest BCUT2D eigenvalue weighted by atomic mass is 10.2. The fourth-order valence-corrected chi connectivity index (χ4v) is 1.82. The predicted octanol–water partition coefficient (Wildman–Crippen LogP) is 1.85. The first kappa shape index (κ1) is 13.6. The van der Waals surface area contributed by atoms with Crippen molar-refractivity contribution >= 4 is 15.9 Å². The minimum Gasteiger partial charge on any atom is -0.379 e. The van der Waals surface area contributed by atoms with Crippen molar-refractivity contribution in [1.29, 1.82) is 0 Å². The van der Waals surface area contributed by atoms with Gasteiger partial charge < -0.3 is 10.5 Å². The first-order chi connectivity index (χ1) is 7.65.